The van der Waals surface area contributed by atoms with E-state index < -0.39 is 15.3 Å². The first-order valence-corrected chi connectivity index (χ1v) is 15.7. The number of pyridine rings is 1. The minimum absolute atomic E-state index is 0.0609. The third-order valence-corrected chi connectivity index (χ3v) is 10.4. The molecule has 12 nitrogen and oxygen atoms in total. The van der Waals surface area contributed by atoms with Gasteiger partial charge in [-0.3, -0.25) is 19.1 Å². The van der Waals surface area contributed by atoms with E-state index in [9.17, 15) is 18.0 Å². The van der Waals surface area contributed by atoms with E-state index in [0.717, 1.165) is 23.1 Å². The highest BCUT2D eigenvalue weighted by Gasteiger charge is 2.38. The molecule has 1 N–H and O–H groups in total. The zero-order valence-corrected chi connectivity index (χ0v) is 24.2. The first-order valence-electron chi connectivity index (χ1n) is 14.2. The van der Waals surface area contributed by atoms with Crippen LogP contribution in [-0.4, -0.2) is 101 Å². The fraction of sp³-hybridized carbons (Fsp3) is 0.448. The van der Waals surface area contributed by atoms with Crippen molar-refractivity contribution in [3.8, 4) is 0 Å². The lowest BCUT2D eigenvalue weighted by molar-refractivity contribution is -0.132. The molecule has 3 saturated heterocycles. The highest BCUT2D eigenvalue weighted by Crippen LogP contribution is 2.23. The van der Waals surface area contributed by atoms with Gasteiger partial charge in [-0.05, 0) is 42.2 Å². The molecule has 3 aromatic rings. The van der Waals surface area contributed by atoms with Crippen molar-refractivity contribution in [2.24, 2.45) is 5.92 Å². The summed E-state index contributed by atoms with van der Waals surface area (Å²) in [5.41, 5.74) is 2.35. The molecule has 6 rings (SSSR count). The van der Waals surface area contributed by atoms with Gasteiger partial charge in [0, 0.05) is 75.7 Å². The molecule has 0 spiro atoms. The van der Waals surface area contributed by atoms with Gasteiger partial charge in [0.15, 0.2) is 0 Å². The van der Waals surface area contributed by atoms with Crippen LogP contribution in [0.5, 0.6) is 0 Å². The van der Waals surface area contributed by atoms with E-state index in [1.807, 2.05) is 24.3 Å². The number of nitrogens with one attached hydrogen (secondary N) is 1. The Balaban J connectivity index is 1.09. The fourth-order valence-corrected chi connectivity index (χ4v) is 7.22. The van der Waals surface area contributed by atoms with Crippen LogP contribution in [0.1, 0.15) is 12.0 Å². The van der Waals surface area contributed by atoms with Crippen LogP contribution < -0.4 is 10.9 Å². The molecule has 222 valence electrons. The number of piperazine rings is 1. The molecule has 3 aliphatic heterocycles. The summed E-state index contributed by atoms with van der Waals surface area (Å²) in [5, 5.41) is 3.65. The number of amides is 1. The summed E-state index contributed by atoms with van der Waals surface area (Å²) in [4.78, 5) is 37.6. The van der Waals surface area contributed by atoms with E-state index in [1.54, 1.807) is 26.0 Å². The quantitative estimate of drug-likeness (QED) is 0.347. The van der Waals surface area contributed by atoms with E-state index in [2.05, 4.69) is 21.8 Å². The van der Waals surface area contributed by atoms with Crippen LogP contribution in [0.25, 0.3) is 11.0 Å². The van der Waals surface area contributed by atoms with Gasteiger partial charge in [-0.25, -0.2) is 13.4 Å². The fourth-order valence-electron chi connectivity index (χ4n) is 5.59. The van der Waals surface area contributed by atoms with Gasteiger partial charge in [0.2, 0.25) is 21.9 Å². The van der Waals surface area contributed by atoms with Crippen LogP contribution in [0, 0.1) is 5.92 Å². The molecule has 0 aliphatic carbocycles. The topological polar surface area (TPSA) is 130 Å². The molecule has 0 atom stereocenters. The number of likely N-dealkylation sites (tertiary alicyclic amines) is 1. The number of carbonyl (C=O) groups is 1. The van der Waals surface area contributed by atoms with Crippen LogP contribution >= 0.6 is 0 Å². The third-order valence-electron chi connectivity index (χ3n) is 8.24. The lowest BCUT2D eigenvalue weighted by Gasteiger charge is -2.38. The number of hydrogen-bond acceptors (Lipinski definition) is 9. The second kappa shape index (κ2) is 11.9. The number of fused-ring (bicyclic) bond motifs is 1. The molecule has 5 heterocycles. The zero-order chi connectivity index (χ0) is 29.3. The van der Waals surface area contributed by atoms with Crippen molar-refractivity contribution >= 4 is 38.6 Å². The van der Waals surface area contributed by atoms with Crippen molar-refractivity contribution in [2.45, 2.75) is 24.8 Å². The number of hydrogen-bond donors (Lipinski definition) is 1. The molecule has 42 heavy (non-hydrogen) atoms. The number of anilines is 2. The maximum absolute atomic E-state index is 12.8. The number of aromatic nitrogens is 3. The zero-order valence-electron chi connectivity index (χ0n) is 23.4. The molecule has 3 aliphatic rings. The normalized spacial score (nSPS) is 18.9. The van der Waals surface area contributed by atoms with Crippen molar-refractivity contribution in [2.75, 3.05) is 57.8 Å². The van der Waals surface area contributed by atoms with E-state index in [0.29, 0.717) is 83.1 Å². The molecule has 13 heteroatoms. The second-order valence-electron chi connectivity index (χ2n) is 11.1. The molecule has 0 radical (unpaired) electrons. The van der Waals surface area contributed by atoms with Crippen molar-refractivity contribution in [3.05, 3.63) is 71.2 Å². The number of ether oxygens (including phenoxy) is 1. The number of sulfonamides is 1. The van der Waals surface area contributed by atoms with Gasteiger partial charge >= 0.3 is 0 Å². The standard InChI is InChI=1S/C29H35N7O5S/c1-2-26(37)34-17-22(18-34)8-9-36-27(38)7-6-23-15-30-29(32-28(23)36)31-24-5-3-4-21(14-24)16-33-10-12-35(13-11-33)42(39,40)25-19-41-20-25/h2-7,14-15,22,25H,1,8-13,16-20H2,(H,30,31,32). The van der Waals surface area contributed by atoms with Gasteiger partial charge in [0.05, 0.1) is 13.2 Å². The average molecular weight is 594 g/mol. The van der Waals surface area contributed by atoms with Gasteiger partial charge < -0.3 is 15.0 Å². The van der Waals surface area contributed by atoms with Gasteiger partial charge in [0.25, 0.3) is 5.56 Å². The lowest BCUT2D eigenvalue weighted by Crippen LogP contribution is -2.54. The van der Waals surface area contributed by atoms with Crippen molar-refractivity contribution in [1.82, 2.24) is 28.6 Å². The number of aryl methyl sites for hydroxylation is 1. The molecule has 1 amide bonds. The first-order chi connectivity index (χ1) is 20.3. The van der Waals surface area contributed by atoms with E-state index in [-0.39, 0.29) is 11.5 Å². The predicted octanol–water partition coefficient (Wildman–Crippen LogP) is 1.42. The highest BCUT2D eigenvalue weighted by atomic mass is 32.2. The van der Waals surface area contributed by atoms with Crippen LogP contribution in [-0.2, 0) is 32.6 Å². The number of benzene rings is 1. The monoisotopic (exact) mass is 593 g/mol. The summed E-state index contributed by atoms with van der Waals surface area (Å²) in [6, 6.07) is 11.2. The summed E-state index contributed by atoms with van der Waals surface area (Å²) in [6.07, 6.45) is 3.81. The SMILES string of the molecule is C=CC(=O)N1CC(CCn2c(=O)ccc3cnc(Nc4cccc(CN5CCN(S(=O)(=O)C6COC6)CC5)c4)nc32)C1. The lowest BCUT2D eigenvalue weighted by atomic mass is 9.96. The Morgan fingerprint density at radius 3 is 2.62 bits per heavy atom. The molecule has 3 fully saturated rings. The van der Waals surface area contributed by atoms with E-state index >= 15 is 0 Å². The summed E-state index contributed by atoms with van der Waals surface area (Å²) in [5.74, 6) is 0.668. The molecular formula is C29H35N7O5S. The molecule has 0 bridgehead atoms. The molecular weight excluding hydrogens is 558 g/mol. The number of rotatable bonds is 10. The smallest absolute Gasteiger partial charge is 0.252 e. The minimum Gasteiger partial charge on any atom is -0.378 e. The molecule has 1 aromatic carbocycles. The Morgan fingerprint density at radius 2 is 1.90 bits per heavy atom. The second-order valence-corrected chi connectivity index (χ2v) is 13.3. The van der Waals surface area contributed by atoms with Crippen LogP contribution in [0.4, 0.5) is 11.6 Å². The predicted molar refractivity (Wildman–Crippen MR) is 159 cm³/mol. The van der Waals surface area contributed by atoms with Crippen molar-refractivity contribution in [1.29, 1.82) is 0 Å². The van der Waals surface area contributed by atoms with Gasteiger partial charge in [0.1, 0.15) is 10.9 Å². The van der Waals surface area contributed by atoms with E-state index in [4.69, 9.17) is 9.72 Å². The summed E-state index contributed by atoms with van der Waals surface area (Å²) in [6.45, 7) is 8.97. The third kappa shape index (κ3) is 5.95. The number of nitrogens with zero attached hydrogens (tertiary/aromatic N) is 6. The van der Waals surface area contributed by atoms with Crippen LogP contribution in [0.15, 0.2) is 60.0 Å². The highest BCUT2D eigenvalue weighted by molar-refractivity contribution is 7.89. The molecule has 2 aromatic heterocycles. The molecule has 0 unspecified atom stereocenters. The maximum atomic E-state index is 12.8. The van der Waals surface area contributed by atoms with E-state index in [1.165, 1.54) is 12.1 Å². The summed E-state index contributed by atoms with van der Waals surface area (Å²) < 4.78 is 33.7. The van der Waals surface area contributed by atoms with Crippen molar-refractivity contribution in [3.63, 3.8) is 0 Å². The van der Waals surface area contributed by atoms with Gasteiger partial charge in [-0.1, -0.05) is 18.7 Å². The van der Waals surface area contributed by atoms with Gasteiger partial charge in [-0.2, -0.15) is 9.29 Å². The van der Waals surface area contributed by atoms with Crippen LogP contribution in [0.2, 0.25) is 0 Å². The van der Waals surface area contributed by atoms with Gasteiger partial charge in [-0.15, -0.1) is 0 Å². The largest absolute Gasteiger partial charge is 0.378 e. The Labute approximate surface area is 244 Å². The molecule has 0 saturated carbocycles. The summed E-state index contributed by atoms with van der Waals surface area (Å²) >= 11 is 0. The minimum atomic E-state index is -3.28. The first kappa shape index (κ1) is 28.5. The average Bonchev–Trinajstić information content (AvgIpc) is 2.92. The maximum Gasteiger partial charge on any atom is 0.252 e. The Bertz CT molecular complexity index is 1640. The van der Waals surface area contributed by atoms with Crippen molar-refractivity contribution < 1.29 is 17.9 Å². The Morgan fingerprint density at radius 1 is 1.12 bits per heavy atom. The summed E-state index contributed by atoms with van der Waals surface area (Å²) in [7, 11) is -3.28. The Hall–Kier alpha value is -3.65. The number of carbonyl (C=O) groups excluding carboxylic acids is 1. The Kier molecular flexibility index (Phi) is 8.08. The van der Waals surface area contributed by atoms with Crippen LogP contribution in [0.3, 0.4) is 0 Å².